The summed E-state index contributed by atoms with van der Waals surface area (Å²) in [6.45, 7) is 4.54. The normalized spacial score (nSPS) is 20.5. The summed E-state index contributed by atoms with van der Waals surface area (Å²) in [7, 11) is 0. The van der Waals surface area contributed by atoms with E-state index in [1.165, 1.54) is 18.6 Å². The van der Waals surface area contributed by atoms with Crippen LogP contribution in [0.5, 0.6) is 5.75 Å². The number of piperidine rings is 1. The largest absolute Gasteiger partial charge is 0.493 e. The predicted molar refractivity (Wildman–Crippen MR) is 122 cm³/mol. The topological polar surface area (TPSA) is 77.2 Å². The van der Waals surface area contributed by atoms with Gasteiger partial charge in [-0.25, -0.2) is 18.7 Å². The van der Waals surface area contributed by atoms with Gasteiger partial charge in [-0.15, -0.1) is 10.2 Å². The summed E-state index contributed by atoms with van der Waals surface area (Å²) < 4.78 is 39.4. The summed E-state index contributed by atoms with van der Waals surface area (Å²) in [4.78, 5) is 11.3. The van der Waals surface area contributed by atoms with Gasteiger partial charge in [-0.3, -0.25) is 0 Å². The van der Waals surface area contributed by atoms with E-state index >= 15 is 0 Å². The molecule has 0 amide bonds. The zero-order valence-corrected chi connectivity index (χ0v) is 19.3. The van der Waals surface area contributed by atoms with Gasteiger partial charge in [0.25, 0.3) is 0 Å². The van der Waals surface area contributed by atoms with Crippen LogP contribution >= 0.6 is 0 Å². The third-order valence-electron chi connectivity index (χ3n) is 7.11. The molecule has 0 spiro atoms. The Morgan fingerprint density at radius 1 is 1.12 bits per heavy atom. The van der Waals surface area contributed by atoms with Crippen LogP contribution in [0.15, 0.2) is 35.3 Å². The molecule has 0 unspecified atom stereocenters. The highest BCUT2D eigenvalue weighted by molar-refractivity contribution is 5.32. The average Bonchev–Trinajstić information content (AvgIpc) is 3.43. The van der Waals surface area contributed by atoms with Crippen molar-refractivity contribution in [1.82, 2.24) is 20.2 Å². The van der Waals surface area contributed by atoms with Crippen molar-refractivity contribution >= 4 is 5.95 Å². The van der Waals surface area contributed by atoms with Gasteiger partial charge < -0.3 is 14.1 Å². The van der Waals surface area contributed by atoms with Gasteiger partial charge in [-0.1, -0.05) is 6.92 Å². The lowest BCUT2D eigenvalue weighted by atomic mass is 9.90. The van der Waals surface area contributed by atoms with Crippen LogP contribution in [0.4, 0.5) is 14.7 Å². The standard InChI is InChI=1S/C25H29F2N5O2/c1-2-16-13-28-25(29-14-16)32-6-3-17(4-7-32)20-9-18(20)5-8-33-19-10-22(26)21(23(27)11-19)12-24-31-30-15-34-24/h10-11,13-15,17-18,20H,2-9,12H2,1H3/t18-,20-/m1/s1. The first-order valence-corrected chi connectivity index (χ1v) is 12.0. The lowest BCUT2D eigenvalue weighted by Gasteiger charge is -2.32. The van der Waals surface area contributed by atoms with E-state index in [4.69, 9.17) is 9.15 Å². The smallest absolute Gasteiger partial charge is 0.225 e. The molecule has 2 atom stereocenters. The fraction of sp³-hybridized carbons (Fsp3) is 0.520. The van der Waals surface area contributed by atoms with Crippen LogP contribution in [0.3, 0.4) is 0 Å². The van der Waals surface area contributed by atoms with Crippen LogP contribution in [-0.4, -0.2) is 39.9 Å². The van der Waals surface area contributed by atoms with Crippen LogP contribution in [-0.2, 0) is 12.8 Å². The first-order chi connectivity index (χ1) is 16.6. The fourth-order valence-corrected chi connectivity index (χ4v) is 4.99. The monoisotopic (exact) mass is 469 g/mol. The molecule has 2 aliphatic rings. The number of anilines is 1. The van der Waals surface area contributed by atoms with Gasteiger partial charge in [-0.05, 0) is 55.4 Å². The van der Waals surface area contributed by atoms with Crippen LogP contribution in [0.25, 0.3) is 0 Å². The maximum absolute atomic E-state index is 14.4. The first-order valence-electron chi connectivity index (χ1n) is 12.0. The quantitative estimate of drug-likeness (QED) is 0.453. The number of hydrogen-bond donors (Lipinski definition) is 0. The highest BCUT2D eigenvalue weighted by Crippen LogP contribution is 2.49. The Balaban J connectivity index is 1.05. The van der Waals surface area contributed by atoms with E-state index < -0.39 is 11.6 Å². The summed E-state index contributed by atoms with van der Waals surface area (Å²) in [5.74, 6) is 1.94. The molecule has 5 rings (SSSR count). The van der Waals surface area contributed by atoms with Gasteiger partial charge in [0.1, 0.15) is 17.4 Å². The van der Waals surface area contributed by atoms with Crippen molar-refractivity contribution in [3.8, 4) is 5.75 Å². The molecule has 2 aromatic heterocycles. The number of rotatable bonds is 9. The van der Waals surface area contributed by atoms with Crippen molar-refractivity contribution in [3.63, 3.8) is 0 Å². The first kappa shape index (κ1) is 22.7. The highest BCUT2D eigenvalue weighted by Gasteiger charge is 2.43. The minimum Gasteiger partial charge on any atom is -0.493 e. The molecule has 34 heavy (non-hydrogen) atoms. The third-order valence-corrected chi connectivity index (χ3v) is 7.11. The molecule has 1 aliphatic heterocycles. The van der Waals surface area contributed by atoms with E-state index in [9.17, 15) is 8.78 Å². The zero-order valence-electron chi connectivity index (χ0n) is 19.3. The molecule has 9 heteroatoms. The zero-order chi connectivity index (χ0) is 23.5. The Hall–Kier alpha value is -3.10. The molecule has 1 saturated heterocycles. The van der Waals surface area contributed by atoms with E-state index in [1.807, 2.05) is 12.4 Å². The number of halogens is 2. The second-order valence-electron chi connectivity index (χ2n) is 9.24. The summed E-state index contributed by atoms with van der Waals surface area (Å²) in [6, 6.07) is 2.45. The van der Waals surface area contributed by atoms with Crippen molar-refractivity contribution in [2.24, 2.45) is 17.8 Å². The molecule has 7 nitrogen and oxygen atoms in total. The molecule has 3 heterocycles. The minimum absolute atomic E-state index is 0.0866. The molecule has 1 aliphatic carbocycles. The second kappa shape index (κ2) is 10.0. The Kier molecular flexibility index (Phi) is 6.69. The van der Waals surface area contributed by atoms with Crippen LogP contribution in [0.1, 0.15) is 49.6 Å². The molecule has 1 aromatic carbocycles. The summed E-state index contributed by atoms with van der Waals surface area (Å²) in [5, 5.41) is 7.20. The summed E-state index contributed by atoms with van der Waals surface area (Å²) >= 11 is 0. The van der Waals surface area contributed by atoms with E-state index in [0.717, 1.165) is 68.5 Å². The Morgan fingerprint density at radius 2 is 1.85 bits per heavy atom. The SMILES string of the molecule is CCc1cnc(N2CCC([C@H]3C[C@H]3CCOc3cc(F)c(Cc4nnco4)c(F)c3)CC2)nc1. The minimum atomic E-state index is -0.669. The van der Waals surface area contributed by atoms with Crippen molar-refractivity contribution in [2.45, 2.75) is 45.4 Å². The molecular formula is C25H29F2N5O2. The van der Waals surface area contributed by atoms with Crippen LogP contribution in [0.2, 0.25) is 0 Å². The summed E-state index contributed by atoms with van der Waals surface area (Å²) in [6.07, 6.45) is 10.3. The number of aromatic nitrogens is 4. The Labute approximate surface area is 197 Å². The van der Waals surface area contributed by atoms with Crippen LogP contribution in [0, 0.1) is 29.4 Å². The van der Waals surface area contributed by atoms with Gasteiger partial charge in [0.2, 0.25) is 18.2 Å². The van der Waals surface area contributed by atoms with Gasteiger partial charge in [0.05, 0.1) is 13.0 Å². The molecular weight excluding hydrogens is 440 g/mol. The molecule has 0 N–H and O–H groups in total. The molecule has 0 radical (unpaired) electrons. The third kappa shape index (κ3) is 5.18. The van der Waals surface area contributed by atoms with E-state index in [2.05, 4.69) is 32.0 Å². The predicted octanol–water partition coefficient (Wildman–Crippen LogP) is 4.61. The Bertz CT molecular complexity index is 1060. The van der Waals surface area contributed by atoms with Crippen LogP contribution < -0.4 is 9.64 Å². The lowest BCUT2D eigenvalue weighted by Crippen LogP contribution is -2.35. The fourth-order valence-electron chi connectivity index (χ4n) is 4.99. The summed E-state index contributed by atoms with van der Waals surface area (Å²) in [5.41, 5.74) is 1.06. The van der Waals surface area contributed by atoms with Gasteiger partial charge in [0, 0.05) is 43.2 Å². The van der Waals surface area contributed by atoms with E-state index in [0.29, 0.717) is 12.5 Å². The van der Waals surface area contributed by atoms with Gasteiger partial charge >= 0.3 is 0 Å². The number of benzene rings is 1. The highest BCUT2D eigenvalue weighted by atomic mass is 19.1. The van der Waals surface area contributed by atoms with Crippen molar-refractivity contribution < 1.29 is 17.9 Å². The molecule has 0 bridgehead atoms. The number of nitrogens with zero attached hydrogens (tertiary/aromatic N) is 5. The maximum Gasteiger partial charge on any atom is 0.225 e. The van der Waals surface area contributed by atoms with Crippen molar-refractivity contribution in [2.75, 3.05) is 24.6 Å². The number of hydrogen-bond acceptors (Lipinski definition) is 7. The maximum atomic E-state index is 14.4. The van der Waals surface area contributed by atoms with E-state index in [1.54, 1.807) is 0 Å². The van der Waals surface area contributed by atoms with Gasteiger partial charge in [-0.2, -0.15) is 0 Å². The molecule has 3 aromatic rings. The van der Waals surface area contributed by atoms with Crippen molar-refractivity contribution in [1.29, 1.82) is 0 Å². The Morgan fingerprint density at radius 3 is 2.50 bits per heavy atom. The number of ether oxygens (including phenoxy) is 1. The second-order valence-corrected chi connectivity index (χ2v) is 9.24. The molecule has 1 saturated carbocycles. The number of aryl methyl sites for hydroxylation is 1. The average molecular weight is 470 g/mol. The molecule has 2 fully saturated rings. The van der Waals surface area contributed by atoms with Gasteiger partial charge in [0.15, 0.2) is 0 Å². The van der Waals surface area contributed by atoms with E-state index in [-0.39, 0.29) is 23.6 Å². The lowest BCUT2D eigenvalue weighted by molar-refractivity contribution is 0.282. The van der Waals surface area contributed by atoms with Crippen molar-refractivity contribution in [3.05, 3.63) is 59.6 Å². The molecule has 180 valence electrons.